The smallest absolute Gasteiger partial charge is 0.317 e. The van der Waals surface area contributed by atoms with Gasteiger partial charge in [0, 0.05) is 37.6 Å². The van der Waals surface area contributed by atoms with E-state index in [9.17, 15) is 9.59 Å². The molecule has 0 atom stereocenters. The molecule has 1 aromatic heterocycles. The van der Waals surface area contributed by atoms with E-state index < -0.39 is 0 Å². The van der Waals surface area contributed by atoms with Gasteiger partial charge in [-0.05, 0) is 74.1 Å². The third-order valence-corrected chi connectivity index (χ3v) is 8.51. The SMILES string of the molecule is O=C(NCCc1cccs1)N1CCN(C(=O)C23CC4CC(CC(C4)C2)C3)CC1. The lowest BCUT2D eigenvalue weighted by Crippen LogP contribution is -2.59. The molecule has 0 aromatic carbocycles. The van der Waals surface area contributed by atoms with E-state index in [0.29, 0.717) is 38.6 Å². The molecule has 4 saturated carbocycles. The number of carbonyl (C=O) groups is 2. The summed E-state index contributed by atoms with van der Waals surface area (Å²) in [4.78, 5) is 31.1. The largest absolute Gasteiger partial charge is 0.339 e. The van der Waals surface area contributed by atoms with Gasteiger partial charge in [-0.3, -0.25) is 4.79 Å². The molecule has 6 heteroatoms. The molecule has 0 unspecified atom stereocenters. The minimum atomic E-state index is -0.0557. The van der Waals surface area contributed by atoms with Gasteiger partial charge in [-0.25, -0.2) is 4.79 Å². The molecule has 4 aliphatic carbocycles. The van der Waals surface area contributed by atoms with Crippen molar-refractivity contribution in [3.05, 3.63) is 22.4 Å². The number of hydrogen-bond donors (Lipinski definition) is 1. The molecule has 6 rings (SSSR count). The highest BCUT2D eigenvalue weighted by Crippen LogP contribution is 2.60. The zero-order chi connectivity index (χ0) is 19.1. The van der Waals surface area contributed by atoms with Gasteiger partial charge in [0.05, 0.1) is 5.41 Å². The first-order chi connectivity index (χ1) is 13.6. The van der Waals surface area contributed by atoms with Crippen molar-refractivity contribution in [2.24, 2.45) is 23.2 Å². The predicted molar refractivity (Wildman–Crippen MR) is 110 cm³/mol. The number of hydrogen-bond acceptors (Lipinski definition) is 3. The first-order valence-electron chi connectivity index (χ1n) is 11.0. The Balaban J connectivity index is 1.12. The van der Waals surface area contributed by atoms with Crippen molar-refractivity contribution in [1.29, 1.82) is 0 Å². The van der Waals surface area contributed by atoms with E-state index in [1.54, 1.807) is 11.3 Å². The third-order valence-electron chi connectivity index (χ3n) is 7.57. The van der Waals surface area contributed by atoms with E-state index in [2.05, 4.69) is 21.7 Å². The number of piperazine rings is 1. The van der Waals surface area contributed by atoms with E-state index in [-0.39, 0.29) is 11.4 Å². The molecule has 5 nitrogen and oxygen atoms in total. The second-order valence-corrected chi connectivity index (χ2v) is 10.6. The number of nitrogens with one attached hydrogen (secondary N) is 1. The first kappa shape index (κ1) is 18.5. The normalized spacial score (nSPS) is 33.9. The highest BCUT2D eigenvalue weighted by atomic mass is 32.1. The first-order valence-corrected chi connectivity index (χ1v) is 11.8. The van der Waals surface area contributed by atoms with Crippen LogP contribution >= 0.6 is 11.3 Å². The van der Waals surface area contributed by atoms with E-state index in [4.69, 9.17) is 0 Å². The highest BCUT2D eigenvalue weighted by Gasteiger charge is 2.55. The molecular weight excluding hydrogens is 370 g/mol. The molecular formula is C22H31N3O2S. The van der Waals surface area contributed by atoms with Gasteiger partial charge in [0.1, 0.15) is 0 Å². The maximum Gasteiger partial charge on any atom is 0.317 e. The number of rotatable bonds is 4. The average Bonchev–Trinajstić information content (AvgIpc) is 3.20. The van der Waals surface area contributed by atoms with Crippen molar-refractivity contribution in [3.63, 3.8) is 0 Å². The van der Waals surface area contributed by atoms with Crippen molar-refractivity contribution in [3.8, 4) is 0 Å². The molecule has 28 heavy (non-hydrogen) atoms. The van der Waals surface area contributed by atoms with Crippen LogP contribution in [0.3, 0.4) is 0 Å². The zero-order valence-corrected chi connectivity index (χ0v) is 17.4. The van der Waals surface area contributed by atoms with Crippen LogP contribution in [0.5, 0.6) is 0 Å². The molecule has 5 fully saturated rings. The number of carbonyl (C=O) groups excluding carboxylic acids is 2. The number of urea groups is 1. The van der Waals surface area contributed by atoms with E-state index in [0.717, 1.165) is 43.4 Å². The fourth-order valence-corrected chi connectivity index (χ4v) is 7.39. The molecule has 1 saturated heterocycles. The topological polar surface area (TPSA) is 52.7 Å². The lowest BCUT2D eigenvalue weighted by atomic mass is 9.49. The number of amides is 3. The summed E-state index contributed by atoms with van der Waals surface area (Å²) in [6.45, 7) is 3.37. The number of thiophene rings is 1. The Morgan fingerprint density at radius 1 is 1.00 bits per heavy atom. The average molecular weight is 402 g/mol. The van der Waals surface area contributed by atoms with E-state index in [1.165, 1.54) is 24.1 Å². The summed E-state index contributed by atoms with van der Waals surface area (Å²) < 4.78 is 0. The van der Waals surface area contributed by atoms with Gasteiger partial charge in [0.15, 0.2) is 0 Å². The molecule has 4 bridgehead atoms. The summed E-state index contributed by atoms with van der Waals surface area (Å²) in [6.07, 6.45) is 8.36. The van der Waals surface area contributed by atoms with Crippen LogP contribution in [0.15, 0.2) is 17.5 Å². The zero-order valence-electron chi connectivity index (χ0n) is 16.6. The van der Waals surface area contributed by atoms with Crippen LogP contribution in [0.1, 0.15) is 43.4 Å². The van der Waals surface area contributed by atoms with Crippen molar-refractivity contribution >= 4 is 23.3 Å². The Labute approximate surface area is 171 Å². The second kappa shape index (κ2) is 7.36. The summed E-state index contributed by atoms with van der Waals surface area (Å²) in [6, 6.07) is 4.16. The van der Waals surface area contributed by atoms with Crippen LogP contribution in [-0.4, -0.2) is 54.5 Å². The van der Waals surface area contributed by atoms with Gasteiger partial charge < -0.3 is 15.1 Å². The van der Waals surface area contributed by atoms with Crippen molar-refractivity contribution in [2.75, 3.05) is 32.7 Å². The van der Waals surface area contributed by atoms with Crippen LogP contribution in [0.4, 0.5) is 4.79 Å². The molecule has 1 aliphatic heterocycles. The lowest BCUT2D eigenvalue weighted by molar-refractivity contribution is -0.159. The highest BCUT2D eigenvalue weighted by molar-refractivity contribution is 7.09. The number of nitrogens with zero attached hydrogens (tertiary/aromatic N) is 2. The van der Waals surface area contributed by atoms with Gasteiger partial charge in [-0.15, -0.1) is 11.3 Å². The van der Waals surface area contributed by atoms with Crippen LogP contribution < -0.4 is 5.32 Å². The Morgan fingerprint density at radius 3 is 2.18 bits per heavy atom. The van der Waals surface area contributed by atoms with Crippen LogP contribution in [0.2, 0.25) is 0 Å². The quantitative estimate of drug-likeness (QED) is 0.841. The van der Waals surface area contributed by atoms with Crippen molar-refractivity contribution in [1.82, 2.24) is 15.1 Å². The van der Waals surface area contributed by atoms with E-state index in [1.807, 2.05) is 11.0 Å². The Bertz CT molecular complexity index is 689. The van der Waals surface area contributed by atoms with Gasteiger partial charge >= 0.3 is 6.03 Å². The Hall–Kier alpha value is -1.56. The lowest BCUT2D eigenvalue weighted by Gasteiger charge is -2.57. The van der Waals surface area contributed by atoms with Crippen molar-refractivity contribution < 1.29 is 9.59 Å². The van der Waals surface area contributed by atoms with Crippen molar-refractivity contribution in [2.45, 2.75) is 44.9 Å². The van der Waals surface area contributed by atoms with Crippen LogP contribution in [0.25, 0.3) is 0 Å². The third kappa shape index (κ3) is 3.44. The fourth-order valence-electron chi connectivity index (χ4n) is 6.68. The molecule has 2 heterocycles. The van der Waals surface area contributed by atoms with Gasteiger partial charge in [0.2, 0.25) is 5.91 Å². The maximum absolute atomic E-state index is 13.4. The molecule has 1 N–H and O–H groups in total. The van der Waals surface area contributed by atoms with Crippen LogP contribution in [0, 0.1) is 23.2 Å². The van der Waals surface area contributed by atoms with E-state index >= 15 is 0 Å². The summed E-state index contributed by atoms with van der Waals surface area (Å²) in [5.74, 6) is 2.80. The predicted octanol–water partition coefficient (Wildman–Crippen LogP) is 3.36. The molecule has 0 radical (unpaired) electrons. The molecule has 5 aliphatic rings. The molecule has 0 spiro atoms. The molecule has 152 valence electrons. The van der Waals surface area contributed by atoms with Crippen LogP contribution in [-0.2, 0) is 11.2 Å². The van der Waals surface area contributed by atoms with Gasteiger partial charge in [0.25, 0.3) is 0 Å². The summed E-state index contributed by atoms with van der Waals surface area (Å²) >= 11 is 1.73. The second-order valence-electron chi connectivity index (χ2n) is 9.54. The summed E-state index contributed by atoms with van der Waals surface area (Å²) in [5, 5.41) is 5.10. The molecule has 1 aromatic rings. The van der Waals surface area contributed by atoms with Gasteiger partial charge in [-0.2, -0.15) is 0 Å². The fraction of sp³-hybridized carbons (Fsp3) is 0.727. The molecule has 3 amide bonds. The minimum absolute atomic E-state index is 0.0125. The summed E-state index contributed by atoms with van der Waals surface area (Å²) in [5.41, 5.74) is -0.0557. The Morgan fingerprint density at radius 2 is 1.61 bits per heavy atom. The van der Waals surface area contributed by atoms with Gasteiger partial charge in [-0.1, -0.05) is 6.07 Å². The Kier molecular flexibility index (Phi) is 4.85. The summed E-state index contributed by atoms with van der Waals surface area (Å²) in [7, 11) is 0. The monoisotopic (exact) mass is 401 g/mol. The minimum Gasteiger partial charge on any atom is -0.339 e. The standard InChI is InChI=1S/C22H31N3O2S/c26-20(22-13-16-10-17(14-22)12-18(11-16)15-22)24-5-7-25(8-6-24)21(27)23-4-3-19-2-1-9-28-19/h1-2,9,16-18H,3-8,10-15H2,(H,23,27). The maximum atomic E-state index is 13.4.